The van der Waals surface area contributed by atoms with Crippen molar-refractivity contribution in [2.75, 3.05) is 24.6 Å². The van der Waals surface area contributed by atoms with Gasteiger partial charge in [0.2, 0.25) is 0 Å². The van der Waals surface area contributed by atoms with Gasteiger partial charge in [-0.05, 0) is 32.9 Å². The Bertz CT molecular complexity index is 804. The van der Waals surface area contributed by atoms with Gasteiger partial charge >= 0.3 is 5.97 Å². The molecule has 1 aliphatic rings. The fourth-order valence-electron chi connectivity index (χ4n) is 3.23. The van der Waals surface area contributed by atoms with Gasteiger partial charge in [-0.25, -0.2) is 9.18 Å². The molecule has 0 N–H and O–H groups in total. The van der Waals surface area contributed by atoms with Crippen molar-refractivity contribution >= 4 is 34.2 Å². The number of hydrogen-bond acceptors (Lipinski definition) is 5. The Morgan fingerprint density at radius 1 is 1.40 bits per heavy atom. The normalized spacial score (nSPS) is 20.8. The number of halogens is 2. The molecule has 1 saturated heterocycles. The lowest BCUT2D eigenvalue weighted by Gasteiger charge is -2.38. The first-order valence-electron chi connectivity index (χ1n) is 8.26. The second-order valence-corrected chi connectivity index (χ2v) is 6.59. The lowest BCUT2D eigenvalue weighted by molar-refractivity contribution is -0.00527. The molecule has 134 valence electrons. The Morgan fingerprint density at radius 3 is 2.72 bits per heavy atom. The van der Waals surface area contributed by atoms with Crippen molar-refractivity contribution in [3.63, 3.8) is 0 Å². The molecule has 1 fully saturated rings. The molecule has 2 aromatic rings. The standard InChI is InChI=1S/C18H20ClFN2O3/c1-4-24-18(23)13-7-21-16-6-14(19)15(20)5-12(16)17(13)22-8-10(2)25-11(3)9-22/h5-7,10-11H,4,8-9H2,1-3H3/t10-,11-/m1/s1. The molecule has 1 aromatic carbocycles. The van der Waals surface area contributed by atoms with Crippen molar-refractivity contribution < 1.29 is 18.7 Å². The lowest BCUT2D eigenvalue weighted by Crippen LogP contribution is -2.46. The average Bonchev–Trinajstić information content (AvgIpc) is 2.54. The van der Waals surface area contributed by atoms with E-state index >= 15 is 0 Å². The van der Waals surface area contributed by atoms with Gasteiger partial charge < -0.3 is 14.4 Å². The minimum absolute atomic E-state index is 0.00134. The highest BCUT2D eigenvalue weighted by atomic mass is 35.5. The summed E-state index contributed by atoms with van der Waals surface area (Å²) in [5, 5.41) is 0.535. The Labute approximate surface area is 150 Å². The maximum absolute atomic E-state index is 14.1. The quantitative estimate of drug-likeness (QED) is 0.773. The number of hydrogen-bond donors (Lipinski definition) is 0. The zero-order valence-electron chi connectivity index (χ0n) is 14.4. The van der Waals surface area contributed by atoms with Crippen molar-refractivity contribution in [3.05, 3.63) is 34.7 Å². The Hall–Kier alpha value is -1.92. The van der Waals surface area contributed by atoms with E-state index in [4.69, 9.17) is 21.1 Å². The average molecular weight is 367 g/mol. The van der Waals surface area contributed by atoms with Crippen LogP contribution in [0.3, 0.4) is 0 Å². The summed E-state index contributed by atoms with van der Waals surface area (Å²) in [6.07, 6.45) is 1.44. The number of rotatable bonds is 3. The van der Waals surface area contributed by atoms with Crippen molar-refractivity contribution in [1.29, 1.82) is 0 Å². The van der Waals surface area contributed by atoms with Gasteiger partial charge in [-0.3, -0.25) is 4.98 Å². The fraction of sp³-hybridized carbons (Fsp3) is 0.444. The number of benzene rings is 1. The van der Waals surface area contributed by atoms with E-state index in [1.54, 1.807) is 6.92 Å². The van der Waals surface area contributed by atoms with Gasteiger partial charge in [0.1, 0.15) is 11.4 Å². The first-order valence-corrected chi connectivity index (χ1v) is 8.63. The second-order valence-electron chi connectivity index (χ2n) is 6.19. The molecule has 1 aromatic heterocycles. The lowest BCUT2D eigenvalue weighted by atomic mass is 10.1. The topological polar surface area (TPSA) is 51.7 Å². The molecule has 25 heavy (non-hydrogen) atoms. The van der Waals surface area contributed by atoms with Crippen LogP contribution in [0.2, 0.25) is 5.02 Å². The van der Waals surface area contributed by atoms with Crippen molar-refractivity contribution in [2.24, 2.45) is 0 Å². The van der Waals surface area contributed by atoms with Crippen LogP contribution in [0.1, 0.15) is 31.1 Å². The molecule has 0 spiro atoms. The van der Waals surface area contributed by atoms with Gasteiger partial charge in [0.05, 0.1) is 35.0 Å². The number of anilines is 1. The number of aromatic nitrogens is 1. The van der Waals surface area contributed by atoms with Crippen LogP contribution in [0, 0.1) is 5.82 Å². The molecule has 0 unspecified atom stereocenters. The minimum atomic E-state index is -0.549. The van der Waals surface area contributed by atoms with Gasteiger partial charge in [0.15, 0.2) is 0 Å². The molecular formula is C18H20ClFN2O3. The molecular weight excluding hydrogens is 347 g/mol. The largest absolute Gasteiger partial charge is 0.462 e. The number of nitrogens with zero attached hydrogens (tertiary/aromatic N) is 2. The maximum Gasteiger partial charge on any atom is 0.341 e. The van der Waals surface area contributed by atoms with Crippen LogP contribution in [0.4, 0.5) is 10.1 Å². The molecule has 0 bridgehead atoms. The number of fused-ring (bicyclic) bond motifs is 1. The molecule has 3 rings (SSSR count). The number of ether oxygens (including phenoxy) is 2. The van der Waals surface area contributed by atoms with E-state index in [1.807, 2.05) is 18.7 Å². The van der Waals surface area contributed by atoms with E-state index in [0.717, 1.165) is 0 Å². The Kier molecular flexibility index (Phi) is 5.11. The number of morpholine rings is 1. The van der Waals surface area contributed by atoms with Crippen LogP contribution < -0.4 is 4.90 Å². The molecule has 7 heteroatoms. The highest BCUT2D eigenvalue weighted by molar-refractivity contribution is 6.31. The highest BCUT2D eigenvalue weighted by Crippen LogP contribution is 2.34. The van der Waals surface area contributed by atoms with E-state index in [1.165, 1.54) is 18.3 Å². The summed E-state index contributed by atoms with van der Waals surface area (Å²) in [5.74, 6) is -1.03. The van der Waals surface area contributed by atoms with Gasteiger partial charge in [0, 0.05) is 24.7 Å². The molecule has 2 heterocycles. The van der Waals surface area contributed by atoms with Crippen LogP contribution >= 0.6 is 11.6 Å². The van der Waals surface area contributed by atoms with Crippen molar-refractivity contribution in [2.45, 2.75) is 33.0 Å². The molecule has 5 nitrogen and oxygen atoms in total. The van der Waals surface area contributed by atoms with Crippen LogP contribution in [0.25, 0.3) is 10.9 Å². The minimum Gasteiger partial charge on any atom is -0.462 e. The Morgan fingerprint density at radius 2 is 2.08 bits per heavy atom. The van der Waals surface area contributed by atoms with Crippen molar-refractivity contribution in [3.8, 4) is 0 Å². The zero-order valence-corrected chi connectivity index (χ0v) is 15.1. The smallest absolute Gasteiger partial charge is 0.341 e. The van der Waals surface area contributed by atoms with E-state index in [2.05, 4.69) is 4.98 Å². The number of pyridine rings is 1. The third-order valence-electron chi connectivity index (χ3n) is 4.11. The third kappa shape index (κ3) is 3.55. The molecule has 1 aliphatic heterocycles. The molecule has 0 aliphatic carbocycles. The SMILES string of the molecule is CCOC(=O)c1cnc2cc(Cl)c(F)cc2c1N1C[C@@H](C)O[C@H](C)C1. The second kappa shape index (κ2) is 7.14. The third-order valence-corrected chi connectivity index (χ3v) is 4.40. The molecule has 0 radical (unpaired) electrons. The fourth-order valence-corrected chi connectivity index (χ4v) is 3.39. The molecule has 0 saturated carbocycles. The summed E-state index contributed by atoms with van der Waals surface area (Å²) in [5.41, 5.74) is 1.46. The number of carbonyl (C=O) groups is 1. The predicted octanol–water partition coefficient (Wildman–Crippen LogP) is 3.82. The summed E-state index contributed by atoms with van der Waals surface area (Å²) in [6, 6.07) is 2.80. The van der Waals surface area contributed by atoms with E-state index in [9.17, 15) is 9.18 Å². The van der Waals surface area contributed by atoms with Crippen LogP contribution in [-0.2, 0) is 9.47 Å². The highest BCUT2D eigenvalue weighted by Gasteiger charge is 2.28. The number of carbonyl (C=O) groups excluding carboxylic acids is 1. The van der Waals surface area contributed by atoms with E-state index < -0.39 is 11.8 Å². The summed E-state index contributed by atoms with van der Waals surface area (Å²) < 4.78 is 25.0. The van der Waals surface area contributed by atoms with Gasteiger partial charge in [-0.1, -0.05) is 11.6 Å². The van der Waals surface area contributed by atoms with Crippen LogP contribution in [0.5, 0.6) is 0 Å². The number of esters is 1. The summed E-state index contributed by atoms with van der Waals surface area (Å²) in [6.45, 7) is 7.09. The van der Waals surface area contributed by atoms with E-state index in [0.29, 0.717) is 35.2 Å². The summed E-state index contributed by atoms with van der Waals surface area (Å²) >= 11 is 5.88. The van der Waals surface area contributed by atoms with Crippen molar-refractivity contribution in [1.82, 2.24) is 4.98 Å². The van der Waals surface area contributed by atoms with Gasteiger partial charge in [0.25, 0.3) is 0 Å². The van der Waals surface area contributed by atoms with E-state index in [-0.39, 0.29) is 23.8 Å². The monoisotopic (exact) mass is 366 g/mol. The van der Waals surface area contributed by atoms with Crippen LogP contribution in [-0.4, -0.2) is 42.9 Å². The first-order chi connectivity index (χ1) is 11.9. The molecule has 2 atom stereocenters. The van der Waals surface area contributed by atoms with Gasteiger partial charge in [-0.15, -0.1) is 0 Å². The Balaban J connectivity index is 2.21. The summed E-state index contributed by atoms with van der Waals surface area (Å²) in [7, 11) is 0. The maximum atomic E-state index is 14.1. The first kappa shape index (κ1) is 17.9. The van der Waals surface area contributed by atoms with Gasteiger partial charge in [-0.2, -0.15) is 0 Å². The summed E-state index contributed by atoms with van der Waals surface area (Å²) in [4.78, 5) is 18.7. The van der Waals surface area contributed by atoms with Crippen LogP contribution in [0.15, 0.2) is 18.3 Å². The zero-order chi connectivity index (χ0) is 18.1. The molecule has 0 amide bonds. The predicted molar refractivity (Wildman–Crippen MR) is 94.9 cm³/mol.